The van der Waals surface area contributed by atoms with Gasteiger partial charge in [-0.05, 0) is 54.3 Å². The molecule has 0 radical (unpaired) electrons. The van der Waals surface area contributed by atoms with E-state index in [4.69, 9.17) is 0 Å². The Bertz CT molecular complexity index is 913. The second-order valence-corrected chi connectivity index (χ2v) is 7.68. The Morgan fingerprint density at radius 1 is 1.00 bits per heavy atom. The first-order valence-corrected chi connectivity index (χ1v) is 9.63. The molecule has 2 bridgehead atoms. The number of carbonyl (C=O) groups is 3. The molecule has 1 aromatic heterocycles. The number of aromatic nitrogens is 4. The summed E-state index contributed by atoms with van der Waals surface area (Å²) in [6.45, 7) is 0. The number of hydrogen-bond acceptors (Lipinski definition) is 6. The van der Waals surface area contributed by atoms with Gasteiger partial charge in [-0.15, -0.1) is 5.10 Å². The van der Waals surface area contributed by atoms with Crippen molar-refractivity contribution in [1.29, 1.82) is 0 Å². The highest BCUT2D eigenvalue weighted by Gasteiger charge is 2.47. The van der Waals surface area contributed by atoms with Gasteiger partial charge in [0.15, 0.2) is 0 Å². The number of fused-ring (bicyclic) bond motifs is 2. The highest BCUT2D eigenvalue weighted by molar-refractivity contribution is 6.02. The maximum absolute atomic E-state index is 13.3. The van der Waals surface area contributed by atoms with Crippen LogP contribution in [-0.2, 0) is 9.59 Å². The Hall–Kier alpha value is -3.10. The molecule has 3 saturated heterocycles. The van der Waals surface area contributed by atoms with E-state index < -0.39 is 0 Å². The van der Waals surface area contributed by atoms with Crippen LogP contribution in [0.4, 0.5) is 0 Å². The number of likely N-dealkylation sites (tertiary alicyclic amines) is 1. The summed E-state index contributed by atoms with van der Waals surface area (Å²) in [5.41, 5.74) is 1.32. The first kappa shape index (κ1) is 17.0. The van der Waals surface area contributed by atoms with Crippen LogP contribution in [0.25, 0.3) is 5.69 Å². The van der Waals surface area contributed by atoms with E-state index in [0.29, 0.717) is 31.2 Å². The van der Waals surface area contributed by atoms with E-state index in [2.05, 4.69) is 15.5 Å². The summed E-state index contributed by atoms with van der Waals surface area (Å²) in [4.78, 5) is 40.9. The summed E-state index contributed by atoms with van der Waals surface area (Å²) in [6.07, 6.45) is 5.29. The van der Waals surface area contributed by atoms with Crippen molar-refractivity contribution >= 4 is 17.7 Å². The summed E-state index contributed by atoms with van der Waals surface area (Å²) in [7, 11) is 0. The fourth-order valence-electron chi connectivity index (χ4n) is 4.90. The summed E-state index contributed by atoms with van der Waals surface area (Å²) in [6, 6.07) is 7.31. The van der Waals surface area contributed by atoms with E-state index in [9.17, 15) is 14.4 Å². The standard InChI is InChI=1S/C19H20N6O3/c26-17-6-7-18(27)25(17)16-9-14-4-5-15(10-16)24(14)19(28)12-2-1-3-13(8-12)23-11-20-21-22-23/h1-3,8,11,14-16H,4-7,9-10H2. The van der Waals surface area contributed by atoms with Gasteiger partial charge in [0, 0.05) is 36.5 Å². The van der Waals surface area contributed by atoms with Crippen LogP contribution >= 0.6 is 0 Å². The minimum atomic E-state index is -0.0726. The molecule has 2 unspecified atom stereocenters. The zero-order valence-corrected chi connectivity index (χ0v) is 15.3. The molecule has 9 heteroatoms. The quantitative estimate of drug-likeness (QED) is 0.735. The molecule has 3 aliphatic heterocycles. The third-order valence-electron chi connectivity index (χ3n) is 6.10. The fourth-order valence-corrected chi connectivity index (χ4v) is 4.90. The predicted molar refractivity (Wildman–Crippen MR) is 96.2 cm³/mol. The maximum atomic E-state index is 13.3. The van der Waals surface area contributed by atoms with E-state index in [1.54, 1.807) is 12.1 Å². The van der Waals surface area contributed by atoms with E-state index in [-0.39, 0.29) is 35.8 Å². The van der Waals surface area contributed by atoms with Gasteiger partial charge in [0.2, 0.25) is 11.8 Å². The molecule has 3 fully saturated rings. The molecule has 3 amide bonds. The SMILES string of the molecule is O=C1CCC(=O)N1C1CC2CCC(C1)N2C(=O)c1cccc(-n2cnnn2)c1. The summed E-state index contributed by atoms with van der Waals surface area (Å²) >= 11 is 0. The second kappa shape index (κ2) is 6.50. The van der Waals surface area contributed by atoms with Crippen molar-refractivity contribution in [2.75, 3.05) is 0 Å². The minimum Gasteiger partial charge on any atom is -0.333 e. The Labute approximate surface area is 161 Å². The van der Waals surface area contributed by atoms with Crippen molar-refractivity contribution in [1.82, 2.24) is 30.0 Å². The van der Waals surface area contributed by atoms with Gasteiger partial charge >= 0.3 is 0 Å². The average molecular weight is 380 g/mol. The molecule has 2 atom stereocenters. The molecule has 3 aliphatic rings. The van der Waals surface area contributed by atoms with Crippen LogP contribution < -0.4 is 0 Å². The summed E-state index contributed by atoms with van der Waals surface area (Å²) in [5.74, 6) is -0.147. The van der Waals surface area contributed by atoms with Gasteiger partial charge in [0.25, 0.3) is 5.91 Å². The molecule has 28 heavy (non-hydrogen) atoms. The van der Waals surface area contributed by atoms with Crippen molar-refractivity contribution in [2.45, 2.75) is 56.7 Å². The van der Waals surface area contributed by atoms with Crippen LogP contribution in [0.15, 0.2) is 30.6 Å². The number of hydrogen-bond donors (Lipinski definition) is 0. The van der Waals surface area contributed by atoms with Gasteiger partial charge in [0.05, 0.1) is 5.69 Å². The van der Waals surface area contributed by atoms with Gasteiger partial charge in [-0.25, -0.2) is 4.68 Å². The largest absolute Gasteiger partial charge is 0.333 e. The number of piperidine rings is 1. The molecular formula is C19H20N6O3. The molecule has 0 N–H and O–H groups in total. The lowest BCUT2D eigenvalue weighted by Gasteiger charge is -2.41. The minimum absolute atomic E-state index is 0.0139. The first-order chi connectivity index (χ1) is 13.6. The number of amides is 3. The van der Waals surface area contributed by atoms with Crippen molar-refractivity contribution in [3.63, 3.8) is 0 Å². The lowest BCUT2D eigenvalue weighted by atomic mass is 9.95. The predicted octanol–water partition coefficient (Wildman–Crippen LogP) is 0.947. The highest BCUT2D eigenvalue weighted by atomic mass is 16.2. The van der Waals surface area contributed by atoms with Crippen LogP contribution in [0, 0.1) is 0 Å². The normalized spacial score (nSPS) is 26.9. The zero-order chi connectivity index (χ0) is 19.3. The van der Waals surface area contributed by atoms with E-state index in [1.807, 2.05) is 17.0 Å². The number of rotatable bonds is 3. The maximum Gasteiger partial charge on any atom is 0.254 e. The lowest BCUT2D eigenvalue weighted by Crippen LogP contribution is -2.53. The first-order valence-electron chi connectivity index (χ1n) is 9.63. The summed E-state index contributed by atoms with van der Waals surface area (Å²) in [5, 5.41) is 11.1. The van der Waals surface area contributed by atoms with E-state index >= 15 is 0 Å². The van der Waals surface area contributed by atoms with Crippen LogP contribution in [0.2, 0.25) is 0 Å². The number of tetrazole rings is 1. The number of nitrogens with zero attached hydrogens (tertiary/aromatic N) is 6. The molecule has 2 aromatic rings. The van der Waals surface area contributed by atoms with Crippen molar-refractivity contribution in [3.8, 4) is 5.69 Å². The van der Waals surface area contributed by atoms with Crippen LogP contribution in [0.5, 0.6) is 0 Å². The Morgan fingerprint density at radius 2 is 1.71 bits per heavy atom. The molecule has 5 rings (SSSR count). The molecule has 9 nitrogen and oxygen atoms in total. The van der Waals surface area contributed by atoms with Crippen molar-refractivity contribution in [3.05, 3.63) is 36.2 Å². The molecule has 1 aromatic carbocycles. The van der Waals surface area contributed by atoms with Gasteiger partial charge < -0.3 is 4.90 Å². The molecule has 0 saturated carbocycles. The smallest absolute Gasteiger partial charge is 0.254 e. The van der Waals surface area contributed by atoms with Gasteiger partial charge in [-0.1, -0.05) is 6.07 Å². The van der Waals surface area contributed by atoms with Gasteiger partial charge in [-0.3, -0.25) is 19.3 Å². The van der Waals surface area contributed by atoms with E-state index in [1.165, 1.54) is 15.9 Å². The highest BCUT2D eigenvalue weighted by Crippen LogP contribution is 2.39. The van der Waals surface area contributed by atoms with Gasteiger partial charge in [-0.2, -0.15) is 0 Å². The molecule has 4 heterocycles. The van der Waals surface area contributed by atoms with Crippen LogP contribution in [0.3, 0.4) is 0 Å². The third kappa shape index (κ3) is 2.69. The Morgan fingerprint density at radius 3 is 2.36 bits per heavy atom. The zero-order valence-electron chi connectivity index (χ0n) is 15.3. The van der Waals surface area contributed by atoms with Crippen LogP contribution in [-0.4, -0.2) is 65.9 Å². The Kier molecular flexibility index (Phi) is 3.96. The molecule has 144 valence electrons. The number of benzene rings is 1. The third-order valence-corrected chi connectivity index (χ3v) is 6.10. The summed E-state index contributed by atoms with van der Waals surface area (Å²) < 4.78 is 1.52. The number of carbonyl (C=O) groups excluding carboxylic acids is 3. The van der Waals surface area contributed by atoms with Gasteiger partial charge in [0.1, 0.15) is 6.33 Å². The molecule has 0 aliphatic carbocycles. The Balaban J connectivity index is 1.37. The number of imide groups is 1. The molecular weight excluding hydrogens is 360 g/mol. The van der Waals surface area contributed by atoms with E-state index in [0.717, 1.165) is 18.5 Å². The average Bonchev–Trinajstić information content (AvgIpc) is 3.41. The van der Waals surface area contributed by atoms with Crippen LogP contribution in [0.1, 0.15) is 48.9 Å². The topological polar surface area (TPSA) is 101 Å². The second-order valence-electron chi connectivity index (χ2n) is 7.68. The molecule has 0 spiro atoms. The lowest BCUT2D eigenvalue weighted by molar-refractivity contribution is -0.142. The van der Waals surface area contributed by atoms with Crippen molar-refractivity contribution in [2.24, 2.45) is 0 Å². The fraction of sp³-hybridized carbons (Fsp3) is 0.474. The van der Waals surface area contributed by atoms with Crippen molar-refractivity contribution < 1.29 is 14.4 Å². The monoisotopic (exact) mass is 380 g/mol.